The summed E-state index contributed by atoms with van der Waals surface area (Å²) in [6.07, 6.45) is 0.508. The van der Waals surface area contributed by atoms with Gasteiger partial charge >= 0.3 is 0 Å². The van der Waals surface area contributed by atoms with E-state index in [-0.39, 0.29) is 13.2 Å². The molecule has 1 unspecified atom stereocenters. The van der Waals surface area contributed by atoms with Gasteiger partial charge < -0.3 is 14.2 Å². The molecule has 0 bridgehead atoms. The lowest BCUT2D eigenvalue weighted by Gasteiger charge is -2.27. The van der Waals surface area contributed by atoms with Gasteiger partial charge in [-0.3, -0.25) is 4.18 Å². The van der Waals surface area contributed by atoms with Crippen molar-refractivity contribution in [3.8, 4) is 17.2 Å². The Morgan fingerprint density at radius 3 is 2.89 bits per heavy atom. The fraction of sp³-hybridized carbons (Fsp3) is 0.455. The van der Waals surface area contributed by atoms with Crippen molar-refractivity contribution in [2.45, 2.75) is 6.10 Å². The van der Waals surface area contributed by atoms with Crippen molar-refractivity contribution in [3.63, 3.8) is 0 Å². The standard InChI is InChI=1S/C11H14O6S/c1-14-9-4-3-5-10-11(9)17-8(6-15-10)7-16-18(2,12)13/h3-5,8H,6-7H2,1-2H3. The zero-order valence-electron chi connectivity index (χ0n) is 10.1. The van der Waals surface area contributed by atoms with E-state index in [0.717, 1.165) is 6.26 Å². The van der Waals surface area contributed by atoms with Gasteiger partial charge in [-0.05, 0) is 12.1 Å². The van der Waals surface area contributed by atoms with Gasteiger partial charge in [0.1, 0.15) is 13.2 Å². The summed E-state index contributed by atoms with van der Waals surface area (Å²) in [7, 11) is -1.96. The lowest BCUT2D eigenvalue weighted by atomic mass is 10.2. The average Bonchev–Trinajstić information content (AvgIpc) is 2.34. The Bertz CT molecular complexity index is 510. The van der Waals surface area contributed by atoms with Gasteiger partial charge in [0.15, 0.2) is 17.6 Å². The quantitative estimate of drug-likeness (QED) is 0.757. The summed E-state index contributed by atoms with van der Waals surface area (Å²) in [5.41, 5.74) is 0. The molecule has 0 fully saturated rings. The predicted molar refractivity (Wildman–Crippen MR) is 63.7 cm³/mol. The number of hydrogen-bond acceptors (Lipinski definition) is 6. The van der Waals surface area contributed by atoms with Gasteiger partial charge in [0.05, 0.1) is 13.4 Å². The van der Waals surface area contributed by atoms with Crippen molar-refractivity contribution in [2.75, 3.05) is 26.6 Å². The number of benzene rings is 1. The average molecular weight is 274 g/mol. The van der Waals surface area contributed by atoms with E-state index in [1.165, 1.54) is 7.11 Å². The highest BCUT2D eigenvalue weighted by atomic mass is 32.2. The number of hydrogen-bond donors (Lipinski definition) is 0. The molecule has 0 aromatic heterocycles. The number of ether oxygens (including phenoxy) is 3. The topological polar surface area (TPSA) is 71.1 Å². The highest BCUT2D eigenvalue weighted by molar-refractivity contribution is 7.85. The van der Waals surface area contributed by atoms with Crippen molar-refractivity contribution < 1.29 is 26.8 Å². The molecule has 0 spiro atoms. The van der Waals surface area contributed by atoms with Crippen LogP contribution < -0.4 is 14.2 Å². The smallest absolute Gasteiger partial charge is 0.264 e. The van der Waals surface area contributed by atoms with E-state index < -0.39 is 16.2 Å². The van der Waals surface area contributed by atoms with E-state index in [4.69, 9.17) is 14.2 Å². The van der Waals surface area contributed by atoms with Gasteiger partial charge in [-0.1, -0.05) is 6.07 Å². The van der Waals surface area contributed by atoms with Gasteiger partial charge in [-0.25, -0.2) is 0 Å². The number of methoxy groups -OCH3 is 1. The lowest BCUT2D eigenvalue weighted by molar-refractivity contribution is 0.0529. The molecule has 1 atom stereocenters. The maximum absolute atomic E-state index is 10.9. The minimum atomic E-state index is -3.48. The predicted octanol–water partition coefficient (Wildman–Crippen LogP) is 0.811. The van der Waals surface area contributed by atoms with Gasteiger partial charge in [0.25, 0.3) is 10.1 Å². The van der Waals surface area contributed by atoms with Crippen LogP contribution in [0.4, 0.5) is 0 Å². The van der Waals surface area contributed by atoms with Gasteiger partial charge in [-0.15, -0.1) is 0 Å². The highest BCUT2D eigenvalue weighted by Gasteiger charge is 2.25. The number of para-hydroxylation sites is 1. The minimum Gasteiger partial charge on any atom is -0.493 e. The summed E-state index contributed by atoms with van der Waals surface area (Å²) in [5.74, 6) is 1.58. The van der Waals surface area contributed by atoms with Crippen LogP contribution >= 0.6 is 0 Å². The zero-order valence-corrected chi connectivity index (χ0v) is 10.9. The monoisotopic (exact) mass is 274 g/mol. The third-order valence-corrected chi connectivity index (χ3v) is 2.90. The van der Waals surface area contributed by atoms with E-state index in [2.05, 4.69) is 4.18 Å². The molecule has 1 heterocycles. The Kier molecular flexibility index (Phi) is 3.63. The zero-order chi connectivity index (χ0) is 13.2. The normalized spacial score (nSPS) is 18.4. The third kappa shape index (κ3) is 3.05. The van der Waals surface area contributed by atoms with Gasteiger partial charge in [0, 0.05) is 0 Å². The molecule has 7 heteroatoms. The Morgan fingerprint density at radius 2 is 2.22 bits per heavy atom. The summed E-state index contributed by atoms with van der Waals surface area (Å²) in [4.78, 5) is 0. The van der Waals surface area contributed by atoms with Crippen LogP contribution in [0.1, 0.15) is 0 Å². The molecule has 1 aromatic carbocycles. The second kappa shape index (κ2) is 5.03. The molecule has 1 aliphatic heterocycles. The van der Waals surface area contributed by atoms with Crippen LogP contribution in [0.25, 0.3) is 0 Å². The van der Waals surface area contributed by atoms with Crippen molar-refractivity contribution in [3.05, 3.63) is 18.2 Å². The first-order valence-electron chi connectivity index (χ1n) is 5.30. The third-order valence-electron chi connectivity index (χ3n) is 2.34. The van der Waals surface area contributed by atoms with E-state index >= 15 is 0 Å². The second-order valence-corrected chi connectivity index (χ2v) is 5.47. The highest BCUT2D eigenvalue weighted by Crippen LogP contribution is 2.39. The first-order chi connectivity index (χ1) is 8.49. The molecular formula is C11H14O6S. The Hall–Kier alpha value is -1.47. The van der Waals surface area contributed by atoms with Crippen LogP contribution in [0.5, 0.6) is 17.2 Å². The molecule has 0 radical (unpaired) electrons. The molecule has 2 rings (SSSR count). The minimum absolute atomic E-state index is 0.0870. The molecule has 100 valence electrons. The van der Waals surface area contributed by atoms with Crippen LogP contribution in [-0.4, -0.2) is 41.1 Å². The summed E-state index contributed by atoms with van der Waals surface area (Å²) in [6, 6.07) is 5.28. The van der Waals surface area contributed by atoms with Crippen molar-refractivity contribution in [1.29, 1.82) is 0 Å². The van der Waals surface area contributed by atoms with Crippen LogP contribution in [-0.2, 0) is 14.3 Å². The fourth-order valence-electron chi connectivity index (χ4n) is 1.55. The number of fused-ring (bicyclic) bond motifs is 1. The molecule has 0 aliphatic carbocycles. The molecule has 0 saturated heterocycles. The van der Waals surface area contributed by atoms with Crippen LogP contribution in [0.15, 0.2) is 18.2 Å². The van der Waals surface area contributed by atoms with Crippen molar-refractivity contribution in [1.82, 2.24) is 0 Å². The largest absolute Gasteiger partial charge is 0.493 e. The van der Waals surface area contributed by atoms with E-state index in [1.54, 1.807) is 18.2 Å². The van der Waals surface area contributed by atoms with E-state index in [9.17, 15) is 8.42 Å². The SMILES string of the molecule is COc1cccc2c1OC(COS(C)(=O)=O)CO2. The maximum Gasteiger partial charge on any atom is 0.264 e. The van der Waals surface area contributed by atoms with E-state index in [0.29, 0.717) is 17.2 Å². The molecule has 6 nitrogen and oxygen atoms in total. The first-order valence-corrected chi connectivity index (χ1v) is 7.12. The van der Waals surface area contributed by atoms with Crippen LogP contribution in [0.2, 0.25) is 0 Å². The van der Waals surface area contributed by atoms with Crippen LogP contribution in [0.3, 0.4) is 0 Å². The fourth-order valence-corrected chi connectivity index (χ4v) is 1.95. The molecule has 18 heavy (non-hydrogen) atoms. The summed E-state index contributed by atoms with van der Waals surface area (Å²) in [5, 5.41) is 0. The molecule has 0 saturated carbocycles. The van der Waals surface area contributed by atoms with Crippen LogP contribution in [0, 0.1) is 0 Å². The maximum atomic E-state index is 10.9. The molecule has 1 aromatic rings. The van der Waals surface area contributed by atoms with Gasteiger partial charge in [0.2, 0.25) is 5.75 Å². The Labute approximate surface area is 106 Å². The van der Waals surface area contributed by atoms with Crippen molar-refractivity contribution >= 4 is 10.1 Å². The van der Waals surface area contributed by atoms with Gasteiger partial charge in [-0.2, -0.15) is 8.42 Å². The summed E-state index contributed by atoms with van der Waals surface area (Å²) in [6.45, 7) is 0.145. The lowest BCUT2D eigenvalue weighted by Crippen LogP contribution is -2.34. The molecule has 0 N–H and O–H groups in total. The summed E-state index contributed by atoms with van der Waals surface area (Å²) >= 11 is 0. The Morgan fingerprint density at radius 1 is 1.44 bits per heavy atom. The Balaban J connectivity index is 2.09. The second-order valence-electron chi connectivity index (χ2n) is 3.83. The molecular weight excluding hydrogens is 260 g/mol. The number of rotatable bonds is 4. The molecule has 1 aliphatic rings. The summed E-state index contributed by atoms with van der Waals surface area (Å²) < 4.78 is 42.7. The first kappa shape index (κ1) is 13.0. The van der Waals surface area contributed by atoms with Crippen molar-refractivity contribution in [2.24, 2.45) is 0 Å². The van der Waals surface area contributed by atoms with E-state index in [1.807, 2.05) is 0 Å². The molecule has 0 amide bonds.